The first kappa shape index (κ1) is 20.5. The molecule has 0 fully saturated rings. The fourth-order valence-corrected chi connectivity index (χ4v) is 3.73. The second kappa shape index (κ2) is 7.82. The van der Waals surface area contributed by atoms with E-state index >= 15 is 0 Å². The first-order valence-corrected chi connectivity index (χ1v) is 9.94. The van der Waals surface area contributed by atoms with E-state index in [9.17, 15) is 13.6 Å². The molecule has 3 N–H and O–H groups in total. The quantitative estimate of drug-likeness (QED) is 0.425. The molecule has 8 nitrogen and oxygen atoms in total. The maximum Gasteiger partial charge on any atom is 0.586 e. The Bertz CT molecular complexity index is 1140. The normalized spacial score (nSPS) is 14.0. The summed E-state index contributed by atoms with van der Waals surface area (Å²) in [4.78, 5) is 12.2. The van der Waals surface area contributed by atoms with Crippen LogP contribution in [0, 0.1) is 0 Å². The molecule has 0 atom stereocenters. The number of amides is 1. The van der Waals surface area contributed by atoms with E-state index < -0.39 is 12.2 Å². The molecule has 156 valence electrons. The second-order valence-electron chi connectivity index (χ2n) is 5.97. The van der Waals surface area contributed by atoms with Gasteiger partial charge in [-0.15, -0.1) is 19.0 Å². The zero-order chi connectivity index (χ0) is 21.5. The number of carbonyl (C=O) groups is 1. The Balaban J connectivity index is 1.40. The van der Waals surface area contributed by atoms with Crippen molar-refractivity contribution in [1.82, 2.24) is 14.9 Å². The predicted molar refractivity (Wildman–Crippen MR) is 108 cm³/mol. The van der Waals surface area contributed by atoms with E-state index in [1.807, 2.05) is 0 Å². The zero-order valence-electron chi connectivity index (χ0n) is 14.7. The number of hydrogen-bond acceptors (Lipinski definition) is 7. The lowest BCUT2D eigenvalue weighted by Crippen LogP contribution is -2.25. The lowest BCUT2D eigenvalue weighted by Gasteiger charge is -2.07. The van der Waals surface area contributed by atoms with Crippen molar-refractivity contribution in [3.63, 3.8) is 0 Å². The molecule has 0 aliphatic carbocycles. The highest BCUT2D eigenvalue weighted by Gasteiger charge is 2.43. The van der Waals surface area contributed by atoms with Gasteiger partial charge in [0.05, 0.1) is 10.8 Å². The Morgan fingerprint density at radius 3 is 2.70 bits per heavy atom. The van der Waals surface area contributed by atoms with E-state index in [4.69, 9.17) is 29.0 Å². The summed E-state index contributed by atoms with van der Waals surface area (Å²) in [5.41, 5.74) is 0.799. The lowest BCUT2D eigenvalue weighted by molar-refractivity contribution is -0.286. The number of hydrogen-bond donors (Lipinski definition) is 2. The minimum Gasteiger partial charge on any atom is -0.395 e. The molecular weight excluding hydrogens is 463 g/mol. The van der Waals surface area contributed by atoms with Gasteiger partial charge in [-0.1, -0.05) is 35.0 Å². The highest BCUT2D eigenvalue weighted by atomic mass is 35.5. The van der Waals surface area contributed by atoms with Crippen LogP contribution in [0.1, 0.15) is 0 Å². The summed E-state index contributed by atoms with van der Waals surface area (Å²) in [5, 5.41) is 11.6. The monoisotopic (exact) mass is 473 g/mol. The Morgan fingerprint density at radius 2 is 1.93 bits per heavy atom. The molecule has 0 radical (unpaired) electrons. The largest absolute Gasteiger partial charge is 0.586 e. The average Bonchev–Trinajstić information content (AvgIpc) is 3.17. The summed E-state index contributed by atoms with van der Waals surface area (Å²) < 4.78 is 36.0. The number of alkyl halides is 2. The Kier molecular flexibility index (Phi) is 5.35. The van der Waals surface area contributed by atoms with Gasteiger partial charge in [0.25, 0.3) is 0 Å². The molecule has 0 saturated heterocycles. The molecule has 1 aliphatic rings. The molecule has 1 amide bonds. The van der Waals surface area contributed by atoms with Gasteiger partial charge in [-0.3, -0.25) is 4.79 Å². The van der Waals surface area contributed by atoms with Crippen molar-refractivity contribution in [2.24, 2.45) is 0 Å². The third-order valence-corrected chi connectivity index (χ3v) is 5.34. The van der Waals surface area contributed by atoms with Crippen LogP contribution in [-0.2, 0) is 4.79 Å². The summed E-state index contributed by atoms with van der Waals surface area (Å²) in [6.07, 6.45) is -3.73. The molecule has 4 rings (SSSR count). The number of carbonyl (C=O) groups excluding carboxylic acids is 1. The first-order valence-electron chi connectivity index (χ1n) is 8.20. The van der Waals surface area contributed by atoms with Crippen LogP contribution in [0.3, 0.4) is 0 Å². The number of anilines is 1. The molecule has 2 heterocycles. The van der Waals surface area contributed by atoms with Crippen molar-refractivity contribution >= 4 is 46.6 Å². The Hall–Kier alpha value is -2.76. The van der Waals surface area contributed by atoms with Gasteiger partial charge in [-0.05, 0) is 30.3 Å². The van der Waals surface area contributed by atoms with Crippen LogP contribution < -0.4 is 20.6 Å². The van der Waals surface area contributed by atoms with Gasteiger partial charge in [0, 0.05) is 22.3 Å². The highest BCUT2D eigenvalue weighted by molar-refractivity contribution is 7.99. The number of ether oxygens (including phenoxy) is 2. The van der Waals surface area contributed by atoms with E-state index in [1.54, 1.807) is 18.2 Å². The number of rotatable bonds is 5. The SMILES string of the molecule is Nn1c(SCC(=O)Nc2ccc3c(c2)OC(F)(F)O3)nnc1-c1ccc(Cl)cc1Cl. The third-order valence-electron chi connectivity index (χ3n) is 3.85. The first-order chi connectivity index (χ1) is 14.2. The van der Waals surface area contributed by atoms with Crippen LogP contribution in [-0.4, -0.2) is 32.8 Å². The minimum atomic E-state index is -3.73. The zero-order valence-corrected chi connectivity index (χ0v) is 17.1. The van der Waals surface area contributed by atoms with Crippen molar-refractivity contribution in [3.05, 3.63) is 46.4 Å². The summed E-state index contributed by atoms with van der Waals surface area (Å²) in [6, 6.07) is 8.77. The van der Waals surface area contributed by atoms with Crippen LogP contribution in [0.25, 0.3) is 11.4 Å². The van der Waals surface area contributed by atoms with Gasteiger partial charge in [-0.25, -0.2) is 4.68 Å². The van der Waals surface area contributed by atoms with Crippen molar-refractivity contribution in [1.29, 1.82) is 0 Å². The number of nitrogen functional groups attached to an aromatic ring is 1. The third kappa shape index (κ3) is 4.23. The number of aromatic nitrogens is 3. The summed E-state index contributed by atoms with van der Waals surface area (Å²) in [7, 11) is 0. The molecule has 1 aromatic heterocycles. The van der Waals surface area contributed by atoms with Gasteiger partial charge in [0.1, 0.15) is 0 Å². The molecule has 30 heavy (non-hydrogen) atoms. The Labute approximate surface area is 182 Å². The molecule has 0 unspecified atom stereocenters. The van der Waals surface area contributed by atoms with E-state index in [0.29, 0.717) is 21.4 Å². The molecular formula is C17H11Cl2F2N5O3S. The van der Waals surface area contributed by atoms with E-state index in [1.165, 1.54) is 22.9 Å². The smallest absolute Gasteiger partial charge is 0.395 e. The minimum absolute atomic E-state index is 0.0612. The van der Waals surface area contributed by atoms with Crippen molar-refractivity contribution in [2.75, 3.05) is 16.9 Å². The molecule has 3 aromatic rings. The topological polar surface area (TPSA) is 104 Å². The van der Waals surface area contributed by atoms with Gasteiger partial charge < -0.3 is 20.6 Å². The maximum atomic E-state index is 13.1. The standard InChI is InChI=1S/C17H11Cl2F2N5O3S/c18-8-1-3-10(11(19)5-8)15-24-25-16(26(15)22)30-7-14(27)23-9-2-4-12-13(6-9)29-17(20,21)28-12/h1-6H,7,22H2,(H,23,27). The summed E-state index contributed by atoms with van der Waals surface area (Å²) >= 11 is 13.1. The number of halogens is 4. The molecule has 13 heteroatoms. The van der Waals surface area contributed by atoms with Crippen LogP contribution in [0.15, 0.2) is 41.6 Å². The average molecular weight is 474 g/mol. The van der Waals surface area contributed by atoms with Gasteiger partial charge >= 0.3 is 6.29 Å². The Morgan fingerprint density at radius 1 is 1.17 bits per heavy atom. The van der Waals surface area contributed by atoms with Crippen molar-refractivity contribution in [3.8, 4) is 22.9 Å². The van der Waals surface area contributed by atoms with Crippen LogP contribution in [0.4, 0.5) is 14.5 Å². The second-order valence-corrected chi connectivity index (χ2v) is 7.75. The highest BCUT2D eigenvalue weighted by Crippen LogP contribution is 2.42. The van der Waals surface area contributed by atoms with E-state index in [0.717, 1.165) is 11.8 Å². The van der Waals surface area contributed by atoms with Gasteiger partial charge in [0.15, 0.2) is 17.3 Å². The molecule has 0 spiro atoms. The van der Waals surface area contributed by atoms with Gasteiger partial charge in [0.2, 0.25) is 11.1 Å². The predicted octanol–water partition coefficient (Wildman–Crippen LogP) is 4.02. The van der Waals surface area contributed by atoms with E-state index in [-0.39, 0.29) is 28.1 Å². The number of nitrogens with two attached hydrogens (primary N) is 1. The van der Waals surface area contributed by atoms with Crippen LogP contribution >= 0.6 is 35.0 Å². The fraction of sp³-hybridized carbons (Fsp3) is 0.118. The van der Waals surface area contributed by atoms with Gasteiger partial charge in [-0.2, -0.15) is 0 Å². The number of fused-ring (bicyclic) bond motifs is 1. The summed E-state index contributed by atoms with van der Waals surface area (Å²) in [6.45, 7) is 0. The molecule has 1 aliphatic heterocycles. The number of thioether (sulfide) groups is 1. The fourth-order valence-electron chi connectivity index (χ4n) is 2.58. The van der Waals surface area contributed by atoms with Crippen molar-refractivity contribution in [2.45, 2.75) is 11.5 Å². The van der Waals surface area contributed by atoms with Crippen LogP contribution in [0.2, 0.25) is 10.0 Å². The van der Waals surface area contributed by atoms with Crippen molar-refractivity contribution < 1.29 is 23.0 Å². The van der Waals surface area contributed by atoms with Crippen LogP contribution in [0.5, 0.6) is 11.5 Å². The number of nitrogens with zero attached hydrogens (tertiary/aromatic N) is 3. The summed E-state index contributed by atoms with van der Waals surface area (Å²) in [5.74, 6) is 5.55. The number of nitrogens with one attached hydrogen (secondary N) is 1. The molecule has 0 bridgehead atoms. The van der Waals surface area contributed by atoms with E-state index in [2.05, 4.69) is 25.0 Å². The number of benzene rings is 2. The lowest BCUT2D eigenvalue weighted by atomic mass is 10.2. The molecule has 2 aromatic carbocycles. The molecule has 0 saturated carbocycles. The maximum absolute atomic E-state index is 13.1.